The maximum atomic E-state index is 14.2. The van der Waals surface area contributed by atoms with E-state index in [1.165, 1.54) is 12.1 Å². The van der Waals surface area contributed by atoms with Crippen LogP contribution in [-0.4, -0.2) is 19.6 Å². The number of hydrogen-bond donors (Lipinski definition) is 2. The van der Waals surface area contributed by atoms with Gasteiger partial charge in [-0.3, -0.25) is 4.40 Å². The summed E-state index contributed by atoms with van der Waals surface area (Å²) >= 11 is 0. The summed E-state index contributed by atoms with van der Waals surface area (Å²) in [6.07, 6.45) is -2.12. The summed E-state index contributed by atoms with van der Waals surface area (Å²) in [4.78, 5) is 4.49. The van der Waals surface area contributed by atoms with Crippen LogP contribution >= 0.6 is 0 Å². The van der Waals surface area contributed by atoms with Crippen molar-refractivity contribution >= 4 is 11.6 Å². The first kappa shape index (κ1) is 16.8. The Morgan fingerprint density at radius 1 is 1.27 bits per heavy atom. The molecule has 0 aliphatic carbocycles. The fourth-order valence-corrected chi connectivity index (χ4v) is 3.23. The lowest BCUT2D eigenvalue weighted by atomic mass is 10.1. The third kappa shape index (κ3) is 2.68. The molecule has 26 heavy (non-hydrogen) atoms. The van der Waals surface area contributed by atoms with Crippen LogP contribution in [0, 0.1) is 5.82 Å². The van der Waals surface area contributed by atoms with E-state index in [2.05, 4.69) is 25.8 Å². The number of aromatic nitrogens is 4. The maximum Gasteiger partial charge on any atom is 0.266 e. The molecule has 1 aliphatic heterocycles. The Labute approximate surface area is 147 Å². The number of nitrogens with one attached hydrogen (secondary N) is 2. The quantitative estimate of drug-likeness (QED) is 0.730. The smallest absolute Gasteiger partial charge is 0.266 e. The van der Waals surface area contributed by atoms with Gasteiger partial charge in [-0.1, -0.05) is 25.1 Å². The molecule has 9 heteroatoms. The van der Waals surface area contributed by atoms with E-state index >= 15 is 0 Å². The van der Waals surface area contributed by atoms with E-state index in [1.807, 2.05) is 11.3 Å². The molecule has 0 saturated carbocycles. The second-order valence-corrected chi connectivity index (χ2v) is 6.07. The van der Waals surface area contributed by atoms with Crippen molar-refractivity contribution in [3.05, 3.63) is 52.2 Å². The highest BCUT2D eigenvalue weighted by atomic mass is 19.3. The molecule has 3 aromatic rings. The molecular weight excluding hydrogens is 345 g/mol. The molecule has 2 aromatic heterocycles. The highest BCUT2D eigenvalue weighted by Crippen LogP contribution is 2.27. The molecule has 0 atom stereocenters. The fourth-order valence-electron chi connectivity index (χ4n) is 3.23. The lowest BCUT2D eigenvalue weighted by molar-refractivity contribution is 0.146. The van der Waals surface area contributed by atoms with Crippen LogP contribution in [0.15, 0.2) is 18.2 Å². The first-order chi connectivity index (χ1) is 12.6. The molecule has 0 unspecified atom stereocenters. The van der Waals surface area contributed by atoms with Crippen LogP contribution in [0.4, 0.5) is 19.0 Å². The van der Waals surface area contributed by atoms with E-state index in [1.54, 1.807) is 0 Å². The third-order valence-electron chi connectivity index (χ3n) is 4.53. The van der Waals surface area contributed by atoms with Crippen LogP contribution in [0.25, 0.3) is 5.78 Å². The van der Waals surface area contributed by atoms with Crippen LogP contribution in [0.5, 0.6) is 0 Å². The minimum absolute atomic E-state index is 0.0524. The first-order valence-electron chi connectivity index (χ1n) is 8.36. The van der Waals surface area contributed by atoms with Gasteiger partial charge in [0.25, 0.3) is 12.2 Å². The van der Waals surface area contributed by atoms with Crippen molar-refractivity contribution in [3.63, 3.8) is 0 Å². The number of fused-ring (bicyclic) bond motifs is 3. The third-order valence-corrected chi connectivity index (χ3v) is 4.53. The number of benzene rings is 1. The van der Waals surface area contributed by atoms with Crippen LogP contribution in [0.1, 0.15) is 41.6 Å². The van der Waals surface area contributed by atoms with Gasteiger partial charge in [-0.2, -0.15) is 4.98 Å². The number of halogens is 3. The summed E-state index contributed by atoms with van der Waals surface area (Å²) in [6, 6.07) is 4.01. The van der Waals surface area contributed by atoms with E-state index < -0.39 is 17.8 Å². The Balaban J connectivity index is 1.68. The fraction of sp³-hybridized carbons (Fsp3) is 0.353. The van der Waals surface area contributed by atoms with Gasteiger partial charge >= 0.3 is 0 Å². The second kappa shape index (κ2) is 6.56. The van der Waals surface area contributed by atoms with Crippen molar-refractivity contribution in [2.24, 2.45) is 0 Å². The molecule has 0 amide bonds. The molecule has 4 rings (SSSR count). The highest BCUT2D eigenvalue weighted by Gasteiger charge is 2.23. The largest absolute Gasteiger partial charge is 0.365 e. The Kier molecular flexibility index (Phi) is 4.23. The van der Waals surface area contributed by atoms with Gasteiger partial charge in [0.15, 0.2) is 0 Å². The zero-order valence-corrected chi connectivity index (χ0v) is 14.1. The summed E-state index contributed by atoms with van der Waals surface area (Å²) in [5, 5.41) is 14.6. The van der Waals surface area contributed by atoms with Gasteiger partial charge < -0.3 is 10.6 Å². The number of aryl methyl sites for hydroxylation is 1. The van der Waals surface area contributed by atoms with Gasteiger partial charge in [-0.15, -0.1) is 10.2 Å². The van der Waals surface area contributed by atoms with Crippen LogP contribution in [0.3, 0.4) is 0 Å². The Morgan fingerprint density at radius 2 is 2.12 bits per heavy atom. The summed E-state index contributed by atoms with van der Waals surface area (Å²) in [6.45, 7) is 3.32. The Hall–Kier alpha value is -2.68. The summed E-state index contributed by atoms with van der Waals surface area (Å²) < 4.78 is 41.9. The number of alkyl halides is 2. The van der Waals surface area contributed by atoms with Crippen molar-refractivity contribution in [3.8, 4) is 0 Å². The van der Waals surface area contributed by atoms with Crippen LogP contribution in [0.2, 0.25) is 0 Å². The molecule has 0 spiro atoms. The van der Waals surface area contributed by atoms with Crippen LogP contribution < -0.4 is 10.6 Å². The molecular formula is C17H17F3N6. The monoisotopic (exact) mass is 362 g/mol. The molecule has 3 heterocycles. The molecule has 2 N–H and O–H groups in total. The molecule has 136 valence electrons. The average molecular weight is 362 g/mol. The van der Waals surface area contributed by atoms with Crippen molar-refractivity contribution in [2.45, 2.75) is 39.4 Å². The lowest BCUT2D eigenvalue weighted by Gasteiger charge is -2.13. The Morgan fingerprint density at radius 3 is 2.88 bits per heavy atom. The van der Waals surface area contributed by atoms with Crippen molar-refractivity contribution in [2.75, 3.05) is 5.32 Å². The van der Waals surface area contributed by atoms with Gasteiger partial charge in [0, 0.05) is 42.9 Å². The van der Waals surface area contributed by atoms with E-state index in [0.717, 1.165) is 29.6 Å². The highest BCUT2D eigenvalue weighted by molar-refractivity contribution is 5.54. The second-order valence-electron chi connectivity index (χ2n) is 6.07. The van der Waals surface area contributed by atoms with Gasteiger partial charge in [-0.05, 0) is 0 Å². The minimum Gasteiger partial charge on any atom is -0.365 e. The molecule has 1 aromatic carbocycles. The van der Waals surface area contributed by atoms with Gasteiger partial charge in [-0.25, -0.2) is 13.2 Å². The normalized spacial score (nSPS) is 13.6. The predicted molar refractivity (Wildman–Crippen MR) is 89.4 cm³/mol. The SMILES string of the molecule is CCc1nnc2nc(NCc3cccc(C(F)F)c3F)c3c(n12)CNC3. The van der Waals surface area contributed by atoms with E-state index in [-0.39, 0.29) is 12.1 Å². The first-order valence-corrected chi connectivity index (χ1v) is 8.36. The lowest BCUT2D eigenvalue weighted by Crippen LogP contribution is -2.10. The molecule has 6 nitrogen and oxygen atoms in total. The number of rotatable bonds is 5. The maximum absolute atomic E-state index is 14.2. The number of nitrogens with zero attached hydrogens (tertiary/aromatic N) is 4. The van der Waals surface area contributed by atoms with Gasteiger partial charge in [0.1, 0.15) is 17.5 Å². The zero-order chi connectivity index (χ0) is 18.3. The molecule has 0 fully saturated rings. The number of hydrogen-bond acceptors (Lipinski definition) is 5. The predicted octanol–water partition coefficient (Wildman–Crippen LogP) is 2.98. The van der Waals surface area contributed by atoms with Crippen molar-refractivity contribution in [1.29, 1.82) is 0 Å². The summed E-state index contributed by atoms with van der Waals surface area (Å²) in [7, 11) is 0. The number of anilines is 1. The average Bonchev–Trinajstić information content (AvgIpc) is 3.26. The molecule has 0 bridgehead atoms. The van der Waals surface area contributed by atoms with E-state index in [9.17, 15) is 13.2 Å². The van der Waals surface area contributed by atoms with Crippen molar-refractivity contribution < 1.29 is 13.2 Å². The minimum atomic E-state index is -2.85. The zero-order valence-electron chi connectivity index (χ0n) is 14.1. The molecule has 0 radical (unpaired) electrons. The van der Waals surface area contributed by atoms with Gasteiger partial charge in [0.2, 0.25) is 0 Å². The van der Waals surface area contributed by atoms with E-state index in [0.29, 0.717) is 24.7 Å². The van der Waals surface area contributed by atoms with Crippen molar-refractivity contribution in [1.82, 2.24) is 24.9 Å². The molecule has 1 aliphatic rings. The summed E-state index contributed by atoms with van der Waals surface area (Å²) in [5.74, 6) is 0.972. The topological polar surface area (TPSA) is 67.1 Å². The van der Waals surface area contributed by atoms with Gasteiger partial charge in [0.05, 0.1) is 5.56 Å². The summed E-state index contributed by atoms with van der Waals surface area (Å²) in [5.41, 5.74) is 1.54. The van der Waals surface area contributed by atoms with Crippen LogP contribution in [-0.2, 0) is 26.1 Å². The molecule has 0 saturated heterocycles. The standard InChI is InChI=1S/C17H17F3N6/c1-2-13-24-25-17-23-16(11-7-21-8-12(11)26(13)17)22-6-9-4-3-5-10(14(9)18)15(19)20/h3-5,15,21H,2,6-8H2,1H3,(H,22,23,25). The van der Waals surface area contributed by atoms with E-state index in [4.69, 9.17) is 0 Å². The Bertz CT molecular complexity index is 969.